The molecule has 4 rings (SSSR count). The predicted octanol–water partition coefficient (Wildman–Crippen LogP) is 7.59. The predicted molar refractivity (Wildman–Crippen MR) is 150 cm³/mol. The molecule has 3 heteroatoms. The minimum absolute atomic E-state index is 0.00194. The van der Waals surface area contributed by atoms with Crippen LogP contribution in [0, 0.1) is 39.9 Å². The minimum atomic E-state index is -0.390. The van der Waals surface area contributed by atoms with Crippen molar-refractivity contribution in [3.05, 3.63) is 22.8 Å². The van der Waals surface area contributed by atoms with Crippen molar-refractivity contribution in [1.82, 2.24) is 0 Å². The van der Waals surface area contributed by atoms with Gasteiger partial charge in [0.05, 0.1) is 18.3 Å². The van der Waals surface area contributed by atoms with Gasteiger partial charge in [-0.1, -0.05) is 73.0 Å². The fourth-order valence-corrected chi connectivity index (χ4v) is 9.70. The lowest BCUT2D eigenvalue weighted by Crippen LogP contribution is -2.53. The van der Waals surface area contributed by atoms with Crippen LogP contribution in [0.4, 0.5) is 0 Å². The molecular formula is C33H56O3. The van der Waals surface area contributed by atoms with Gasteiger partial charge in [0.1, 0.15) is 0 Å². The number of aliphatic hydroxyl groups is 3. The molecule has 0 aromatic carbocycles. The fraction of sp³-hybridized carbons (Fsp3) is 0.879. The third-order valence-electron chi connectivity index (χ3n) is 12.1. The number of rotatable bonds is 9. The summed E-state index contributed by atoms with van der Waals surface area (Å²) in [7, 11) is 0. The molecule has 0 amide bonds. The third kappa shape index (κ3) is 4.58. The first-order valence-corrected chi connectivity index (χ1v) is 15.4. The molecule has 8 atom stereocenters. The Hall–Kier alpha value is -0.640. The smallest absolute Gasteiger partial charge is 0.0594 e. The molecule has 0 aromatic rings. The lowest BCUT2D eigenvalue weighted by atomic mass is 9.46. The standard InChI is InChI=1S/C33H56O3/c1-8-27(34)23(28(35)9-2)12-10-11-21(3)24-14-15-25-22-13-16-29-31(4,5)30(36)18-20-33(29,7)26(22)17-19-32(24,25)6/h15,21,23-24,27-30,34-36H,8-14,16-20H2,1-7H3/t21-,23?,24-,27?,28?,29+,30?,32-,33-/m1/s1. The first-order chi connectivity index (χ1) is 16.9. The second kappa shape index (κ2) is 10.5. The second-order valence-electron chi connectivity index (χ2n) is 14.2. The van der Waals surface area contributed by atoms with Crippen LogP contribution >= 0.6 is 0 Å². The zero-order valence-corrected chi connectivity index (χ0v) is 24.4. The number of hydrogen-bond donors (Lipinski definition) is 3. The normalized spacial score (nSPS) is 38.9. The molecule has 0 radical (unpaired) electrons. The highest BCUT2D eigenvalue weighted by Gasteiger charge is 2.57. The van der Waals surface area contributed by atoms with Gasteiger partial charge >= 0.3 is 0 Å². The zero-order valence-electron chi connectivity index (χ0n) is 24.4. The van der Waals surface area contributed by atoms with Gasteiger partial charge in [-0.3, -0.25) is 0 Å². The Labute approximate surface area is 221 Å². The van der Waals surface area contributed by atoms with Crippen molar-refractivity contribution in [1.29, 1.82) is 0 Å². The van der Waals surface area contributed by atoms with Crippen molar-refractivity contribution in [3.8, 4) is 0 Å². The fourth-order valence-electron chi connectivity index (χ4n) is 9.70. The van der Waals surface area contributed by atoms with E-state index >= 15 is 0 Å². The number of fused-ring (bicyclic) bond motifs is 4. The minimum Gasteiger partial charge on any atom is -0.393 e. The lowest BCUT2D eigenvalue weighted by Gasteiger charge is -2.59. The summed E-state index contributed by atoms with van der Waals surface area (Å²) >= 11 is 0. The van der Waals surface area contributed by atoms with Gasteiger partial charge in [-0.2, -0.15) is 0 Å². The Morgan fingerprint density at radius 2 is 1.58 bits per heavy atom. The van der Waals surface area contributed by atoms with Crippen molar-refractivity contribution < 1.29 is 15.3 Å². The van der Waals surface area contributed by atoms with E-state index < -0.39 is 12.2 Å². The molecule has 0 bridgehead atoms. The van der Waals surface area contributed by atoms with Crippen molar-refractivity contribution in [2.75, 3.05) is 0 Å². The molecular weight excluding hydrogens is 444 g/mol. The van der Waals surface area contributed by atoms with Crippen molar-refractivity contribution >= 4 is 0 Å². The van der Waals surface area contributed by atoms with Gasteiger partial charge in [0.15, 0.2) is 0 Å². The molecule has 3 nitrogen and oxygen atoms in total. The van der Waals surface area contributed by atoms with E-state index in [1.807, 2.05) is 13.8 Å². The Kier molecular flexibility index (Phi) is 8.27. The molecule has 4 aliphatic rings. The molecule has 1 saturated carbocycles. The topological polar surface area (TPSA) is 60.7 Å². The third-order valence-corrected chi connectivity index (χ3v) is 12.1. The average molecular weight is 501 g/mol. The molecule has 0 aliphatic heterocycles. The Balaban J connectivity index is 1.46. The van der Waals surface area contributed by atoms with E-state index in [0.29, 0.717) is 17.8 Å². The van der Waals surface area contributed by atoms with Crippen molar-refractivity contribution in [2.45, 2.75) is 144 Å². The van der Waals surface area contributed by atoms with Crippen LogP contribution in [0.3, 0.4) is 0 Å². The molecule has 4 aliphatic carbocycles. The molecule has 1 fully saturated rings. The van der Waals surface area contributed by atoms with Crippen LogP contribution in [-0.2, 0) is 0 Å². The average Bonchev–Trinajstić information content (AvgIpc) is 3.20. The number of aliphatic hydroxyl groups excluding tert-OH is 3. The maximum Gasteiger partial charge on any atom is 0.0594 e. The van der Waals surface area contributed by atoms with Gasteiger partial charge in [-0.15, -0.1) is 0 Å². The molecule has 36 heavy (non-hydrogen) atoms. The zero-order chi connectivity index (χ0) is 26.5. The summed E-state index contributed by atoms with van der Waals surface area (Å²) in [6, 6.07) is 0. The molecule has 0 heterocycles. The Bertz CT molecular complexity index is 845. The summed E-state index contributed by atoms with van der Waals surface area (Å²) in [6.45, 7) is 16.2. The lowest BCUT2D eigenvalue weighted by molar-refractivity contribution is -0.0905. The summed E-state index contributed by atoms with van der Waals surface area (Å²) in [4.78, 5) is 0. The van der Waals surface area contributed by atoms with Gasteiger partial charge in [0.25, 0.3) is 0 Å². The first kappa shape index (κ1) is 28.4. The highest BCUT2D eigenvalue weighted by atomic mass is 16.3. The van der Waals surface area contributed by atoms with Crippen molar-refractivity contribution in [2.24, 2.45) is 39.9 Å². The Morgan fingerprint density at radius 3 is 2.22 bits per heavy atom. The molecule has 206 valence electrons. The Morgan fingerprint density at radius 1 is 0.917 bits per heavy atom. The van der Waals surface area contributed by atoms with Gasteiger partial charge in [0, 0.05) is 5.92 Å². The van der Waals surface area contributed by atoms with E-state index in [4.69, 9.17) is 0 Å². The summed E-state index contributed by atoms with van der Waals surface area (Å²) in [5.41, 5.74) is 5.68. The van der Waals surface area contributed by atoms with Gasteiger partial charge in [-0.05, 0) is 109 Å². The maximum absolute atomic E-state index is 10.8. The largest absolute Gasteiger partial charge is 0.393 e. The van der Waals surface area contributed by atoms with Crippen LogP contribution in [0.2, 0.25) is 0 Å². The highest BCUT2D eigenvalue weighted by molar-refractivity contribution is 5.49. The van der Waals surface area contributed by atoms with E-state index in [2.05, 4.69) is 40.7 Å². The van der Waals surface area contributed by atoms with E-state index in [0.717, 1.165) is 38.5 Å². The molecule has 3 unspecified atom stereocenters. The van der Waals surface area contributed by atoms with E-state index in [1.54, 1.807) is 16.7 Å². The monoisotopic (exact) mass is 500 g/mol. The summed E-state index contributed by atoms with van der Waals surface area (Å²) in [5.74, 6) is 1.94. The van der Waals surface area contributed by atoms with Crippen molar-refractivity contribution in [3.63, 3.8) is 0 Å². The number of hydrogen-bond acceptors (Lipinski definition) is 3. The first-order valence-electron chi connectivity index (χ1n) is 15.4. The molecule has 3 N–H and O–H groups in total. The second-order valence-corrected chi connectivity index (χ2v) is 14.2. The van der Waals surface area contributed by atoms with E-state index in [9.17, 15) is 15.3 Å². The summed E-state index contributed by atoms with van der Waals surface area (Å²) < 4.78 is 0. The molecule has 0 aromatic heterocycles. The SMILES string of the molecule is CCC(O)C(CCC[C@@H](C)[C@H]1CC=C2C3=C(CC[C@@]21C)[C@@]1(C)CCC(O)C(C)(C)[C@@H]1CC3)C(O)CC. The van der Waals surface area contributed by atoms with Crippen LogP contribution < -0.4 is 0 Å². The summed E-state index contributed by atoms with van der Waals surface area (Å²) in [5, 5.41) is 31.7. The van der Waals surface area contributed by atoms with E-state index in [-0.39, 0.29) is 28.3 Å². The van der Waals surface area contributed by atoms with Crippen LogP contribution in [0.25, 0.3) is 0 Å². The van der Waals surface area contributed by atoms with Gasteiger partial charge < -0.3 is 15.3 Å². The van der Waals surface area contributed by atoms with E-state index in [1.165, 1.54) is 38.5 Å². The molecule has 0 spiro atoms. The number of allylic oxidation sites excluding steroid dienone is 4. The van der Waals surface area contributed by atoms with Crippen LogP contribution in [0.1, 0.15) is 126 Å². The quantitative estimate of drug-likeness (QED) is 0.305. The van der Waals surface area contributed by atoms with Crippen LogP contribution in [0.5, 0.6) is 0 Å². The summed E-state index contributed by atoms with van der Waals surface area (Å²) in [6.07, 6.45) is 14.5. The van der Waals surface area contributed by atoms with Crippen LogP contribution in [-0.4, -0.2) is 33.6 Å². The molecule has 0 saturated heterocycles. The van der Waals surface area contributed by atoms with Gasteiger partial charge in [-0.25, -0.2) is 0 Å². The van der Waals surface area contributed by atoms with Crippen LogP contribution in [0.15, 0.2) is 22.8 Å². The highest BCUT2D eigenvalue weighted by Crippen LogP contribution is 2.66. The maximum atomic E-state index is 10.8. The van der Waals surface area contributed by atoms with Gasteiger partial charge in [0.2, 0.25) is 0 Å².